The van der Waals surface area contributed by atoms with Gasteiger partial charge < -0.3 is 0 Å². The summed E-state index contributed by atoms with van der Waals surface area (Å²) in [5.41, 5.74) is 0.905. The smallest absolute Gasteiger partial charge is 0.198 e. The molecule has 0 saturated heterocycles. The zero-order valence-electron chi connectivity index (χ0n) is 10.6. The van der Waals surface area contributed by atoms with Crippen LogP contribution in [0.15, 0.2) is 42.5 Å². The number of aryl methyl sites for hydroxylation is 1. The minimum atomic E-state index is -0.831. The molecule has 0 radical (unpaired) electrons. The highest BCUT2D eigenvalue weighted by Crippen LogP contribution is 2.17. The van der Waals surface area contributed by atoms with E-state index in [-0.39, 0.29) is 0 Å². The molecule has 0 aromatic heterocycles. The Bertz CT molecular complexity index is 568. The fraction of sp³-hybridized carbons (Fsp3) is 0.188. The van der Waals surface area contributed by atoms with Crippen molar-refractivity contribution in [1.29, 1.82) is 0 Å². The van der Waals surface area contributed by atoms with E-state index in [4.69, 9.17) is 0 Å². The van der Waals surface area contributed by atoms with E-state index in [9.17, 15) is 13.6 Å². The maximum atomic E-state index is 13.5. The summed E-state index contributed by atoms with van der Waals surface area (Å²) in [7, 11) is 0. The summed E-state index contributed by atoms with van der Waals surface area (Å²) in [6, 6.07) is 10.3. The molecule has 0 bridgehead atoms. The van der Waals surface area contributed by atoms with Crippen molar-refractivity contribution in [3.8, 4) is 0 Å². The molecule has 0 heterocycles. The monoisotopic (exact) mass is 260 g/mol. The molecule has 0 spiro atoms. The largest absolute Gasteiger partial charge is 0.288 e. The average molecular weight is 260 g/mol. The molecule has 0 amide bonds. The number of hydrogen-bond acceptors (Lipinski definition) is 1. The molecule has 2 aromatic rings. The molecule has 0 N–H and O–H groups in total. The number of benzene rings is 2. The third kappa shape index (κ3) is 2.87. The second-order valence-electron chi connectivity index (χ2n) is 4.37. The molecule has 1 nitrogen and oxygen atoms in total. The van der Waals surface area contributed by atoms with E-state index >= 15 is 0 Å². The standard InChI is InChI=1S/C16H14F2O/c1-2-4-11-7-9-12(10-8-11)16(19)15-13(17)5-3-6-14(15)18/h3,5-10H,2,4H2,1H3. The molecule has 0 saturated carbocycles. The minimum Gasteiger partial charge on any atom is -0.288 e. The van der Waals surface area contributed by atoms with Gasteiger partial charge in [0.2, 0.25) is 0 Å². The van der Waals surface area contributed by atoms with Crippen LogP contribution in [0.4, 0.5) is 8.78 Å². The van der Waals surface area contributed by atoms with Gasteiger partial charge in [-0.2, -0.15) is 0 Å². The summed E-state index contributed by atoms with van der Waals surface area (Å²) in [5, 5.41) is 0. The number of carbonyl (C=O) groups is 1. The highest BCUT2D eigenvalue weighted by molar-refractivity contribution is 6.09. The Balaban J connectivity index is 2.34. The van der Waals surface area contributed by atoms with Crippen LogP contribution >= 0.6 is 0 Å². The summed E-state index contributed by atoms with van der Waals surface area (Å²) in [5.74, 6) is -2.29. The van der Waals surface area contributed by atoms with Gasteiger partial charge in [-0.05, 0) is 24.1 Å². The number of carbonyl (C=O) groups excluding carboxylic acids is 1. The van der Waals surface area contributed by atoms with Crippen LogP contribution in [-0.2, 0) is 6.42 Å². The summed E-state index contributed by atoms with van der Waals surface area (Å²) in [6.07, 6.45) is 1.93. The zero-order valence-corrected chi connectivity index (χ0v) is 10.6. The molecule has 0 fully saturated rings. The highest BCUT2D eigenvalue weighted by atomic mass is 19.1. The highest BCUT2D eigenvalue weighted by Gasteiger charge is 2.18. The molecule has 98 valence electrons. The van der Waals surface area contributed by atoms with Crippen LogP contribution in [0.2, 0.25) is 0 Å². The molecule has 19 heavy (non-hydrogen) atoms. The van der Waals surface area contributed by atoms with Gasteiger partial charge in [0.15, 0.2) is 5.78 Å². The lowest BCUT2D eigenvalue weighted by molar-refractivity contribution is 0.103. The molecular weight excluding hydrogens is 246 g/mol. The summed E-state index contributed by atoms with van der Waals surface area (Å²) < 4.78 is 27.1. The molecular formula is C16H14F2O. The first-order valence-corrected chi connectivity index (χ1v) is 6.21. The molecule has 2 rings (SSSR count). The Hall–Kier alpha value is -2.03. The first-order chi connectivity index (χ1) is 9.13. The van der Waals surface area contributed by atoms with Crippen molar-refractivity contribution in [3.63, 3.8) is 0 Å². The van der Waals surface area contributed by atoms with E-state index in [0.717, 1.165) is 30.5 Å². The van der Waals surface area contributed by atoms with Gasteiger partial charge in [-0.15, -0.1) is 0 Å². The lowest BCUT2D eigenvalue weighted by Gasteiger charge is -2.05. The van der Waals surface area contributed by atoms with Gasteiger partial charge in [0, 0.05) is 5.56 Å². The van der Waals surface area contributed by atoms with Crippen molar-refractivity contribution in [2.45, 2.75) is 19.8 Å². The van der Waals surface area contributed by atoms with Gasteiger partial charge in [-0.1, -0.05) is 43.7 Å². The number of rotatable bonds is 4. The maximum absolute atomic E-state index is 13.5. The normalized spacial score (nSPS) is 10.5. The lowest BCUT2D eigenvalue weighted by atomic mass is 10.00. The van der Waals surface area contributed by atoms with Crippen LogP contribution in [0.25, 0.3) is 0 Å². The number of halogens is 2. The number of ketones is 1. The van der Waals surface area contributed by atoms with Crippen molar-refractivity contribution in [3.05, 3.63) is 70.8 Å². The SMILES string of the molecule is CCCc1ccc(C(=O)c2c(F)cccc2F)cc1. The second-order valence-corrected chi connectivity index (χ2v) is 4.37. The van der Waals surface area contributed by atoms with Crippen LogP contribution in [0, 0.1) is 11.6 Å². The quantitative estimate of drug-likeness (QED) is 0.755. The Morgan fingerprint density at radius 2 is 1.58 bits per heavy atom. The predicted molar refractivity (Wildman–Crippen MR) is 70.2 cm³/mol. The van der Waals surface area contributed by atoms with Crippen molar-refractivity contribution < 1.29 is 13.6 Å². The Kier molecular flexibility index (Phi) is 4.05. The third-order valence-electron chi connectivity index (χ3n) is 2.94. The van der Waals surface area contributed by atoms with Gasteiger partial charge in [0.1, 0.15) is 11.6 Å². The van der Waals surface area contributed by atoms with Crippen molar-refractivity contribution in [2.24, 2.45) is 0 Å². The number of hydrogen-bond donors (Lipinski definition) is 0. The van der Waals surface area contributed by atoms with Crippen molar-refractivity contribution in [2.75, 3.05) is 0 Å². The average Bonchev–Trinajstić information content (AvgIpc) is 2.39. The van der Waals surface area contributed by atoms with E-state index in [2.05, 4.69) is 6.92 Å². The second kappa shape index (κ2) is 5.74. The lowest BCUT2D eigenvalue weighted by Crippen LogP contribution is -2.07. The first kappa shape index (κ1) is 13.4. The Labute approximate surface area is 110 Å². The first-order valence-electron chi connectivity index (χ1n) is 6.21. The van der Waals surface area contributed by atoms with Crippen LogP contribution in [-0.4, -0.2) is 5.78 Å². The molecule has 0 unspecified atom stereocenters. The molecule has 0 aliphatic rings. The maximum Gasteiger partial charge on any atom is 0.198 e. The van der Waals surface area contributed by atoms with Crippen molar-refractivity contribution >= 4 is 5.78 Å². The summed E-state index contributed by atoms with van der Waals surface area (Å²) >= 11 is 0. The van der Waals surface area contributed by atoms with Gasteiger partial charge in [-0.3, -0.25) is 4.79 Å². The van der Waals surface area contributed by atoms with Crippen LogP contribution < -0.4 is 0 Å². The fourth-order valence-electron chi connectivity index (χ4n) is 1.97. The predicted octanol–water partition coefficient (Wildman–Crippen LogP) is 4.15. The minimum absolute atomic E-state index is 0.295. The molecule has 3 heteroatoms. The van der Waals surface area contributed by atoms with Gasteiger partial charge in [0.25, 0.3) is 0 Å². The molecule has 2 aromatic carbocycles. The van der Waals surface area contributed by atoms with Crippen LogP contribution in [0.3, 0.4) is 0 Å². The van der Waals surface area contributed by atoms with E-state index < -0.39 is 23.0 Å². The topological polar surface area (TPSA) is 17.1 Å². The Morgan fingerprint density at radius 3 is 2.11 bits per heavy atom. The third-order valence-corrected chi connectivity index (χ3v) is 2.94. The fourth-order valence-corrected chi connectivity index (χ4v) is 1.97. The van der Waals surface area contributed by atoms with Gasteiger partial charge >= 0.3 is 0 Å². The van der Waals surface area contributed by atoms with E-state index in [0.29, 0.717) is 5.56 Å². The van der Waals surface area contributed by atoms with E-state index in [1.54, 1.807) is 12.1 Å². The zero-order chi connectivity index (χ0) is 13.8. The van der Waals surface area contributed by atoms with E-state index in [1.807, 2.05) is 12.1 Å². The van der Waals surface area contributed by atoms with Crippen molar-refractivity contribution in [1.82, 2.24) is 0 Å². The molecule has 0 aliphatic heterocycles. The van der Waals surface area contributed by atoms with Gasteiger partial charge in [0.05, 0.1) is 5.56 Å². The molecule has 0 aliphatic carbocycles. The van der Waals surface area contributed by atoms with Gasteiger partial charge in [-0.25, -0.2) is 8.78 Å². The van der Waals surface area contributed by atoms with Crippen LogP contribution in [0.5, 0.6) is 0 Å². The summed E-state index contributed by atoms with van der Waals surface area (Å²) in [6.45, 7) is 2.06. The molecule has 0 atom stereocenters. The van der Waals surface area contributed by atoms with Crippen LogP contribution in [0.1, 0.15) is 34.8 Å². The Morgan fingerprint density at radius 1 is 1.00 bits per heavy atom. The summed E-state index contributed by atoms with van der Waals surface area (Å²) in [4.78, 5) is 12.1. The van der Waals surface area contributed by atoms with E-state index in [1.165, 1.54) is 6.07 Å².